The van der Waals surface area contributed by atoms with E-state index in [0.717, 1.165) is 11.0 Å². The lowest BCUT2D eigenvalue weighted by Gasteiger charge is -1.96. The minimum atomic E-state index is -0.442. The average molecular weight is 281 g/mol. The summed E-state index contributed by atoms with van der Waals surface area (Å²) in [6, 6.07) is 14.0. The Bertz CT molecular complexity index is 792. The molecule has 1 aromatic heterocycles. The minimum absolute atomic E-state index is 0.00709. The highest BCUT2D eigenvalue weighted by Gasteiger charge is 2.09. The molecule has 0 unspecified atom stereocenters. The average Bonchev–Trinajstić information content (AvgIpc) is 2.90. The number of aromatic nitrogens is 2. The second-order valence-corrected chi connectivity index (χ2v) is 4.29. The first-order valence-electron chi connectivity index (χ1n) is 6.21. The van der Waals surface area contributed by atoms with E-state index in [1.807, 2.05) is 24.3 Å². The summed E-state index contributed by atoms with van der Waals surface area (Å²) in [5, 5.41) is 14.9. The largest absolute Gasteiger partial charge is 0.323 e. The molecule has 0 aliphatic carbocycles. The number of nitrogens with one attached hydrogen (secondary N) is 2. The van der Waals surface area contributed by atoms with Crippen LogP contribution in [-0.2, 0) is 0 Å². The molecule has 7 nitrogen and oxygen atoms in total. The lowest BCUT2D eigenvalue weighted by molar-refractivity contribution is -0.385. The summed E-state index contributed by atoms with van der Waals surface area (Å²) >= 11 is 0. The molecule has 0 radical (unpaired) electrons. The van der Waals surface area contributed by atoms with Gasteiger partial charge in [0.25, 0.3) is 5.69 Å². The Morgan fingerprint density at radius 2 is 1.95 bits per heavy atom. The fourth-order valence-electron chi connectivity index (χ4n) is 1.93. The van der Waals surface area contributed by atoms with Crippen molar-refractivity contribution in [3.8, 4) is 0 Å². The fourth-order valence-corrected chi connectivity index (χ4v) is 1.93. The molecule has 2 aromatic carbocycles. The van der Waals surface area contributed by atoms with Gasteiger partial charge in [-0.05, 0) is 18.2 Å². The van der Waals surface area contributed by atoms with Gasteiger partial charge in [0, 0.05) is 6.07 Å². The molecular formula is C14H11N5O2. The van der Waals surface area contributed by atoms with Gasteiger partial charge < -0.3 is 4.98 Å². The number of anilines is 1. The molecule has 0 amide bonds. The van der Waals surface area contributed by atoms with Gasteiger partial charge in [0.05, 0.1) is 27.7 Å². The van der Waals surface area contributed by atoms with Gasteiger partial charge in [0.2, 0.25) is 5.95 Å². The highest BCUT2D eigenvalue weighted by molar-refractivity contribution is 5.85. The van der Waals surface area contributed by atoms with Crippen molar-refractivity contribution in [2.45, 2.75) is 0 Å². The number of aromatic amines is 1. The molecule has 104 valence electrons. The Morgan fingerprint density at radius 3 is 2.76 bits per heavy atom. The summed E-state index contributed by atoms with van der Waals surface area (Å²) in [6.45, 7) is 0. The standard InChI is InChI=1S/C14H11N5O2/c20-19(21)13-8-4-1-5-10(13)9-15-18-14-16-11-6-2-3-7-12(11)17-14/h1-9H,(H2,16,17,18). The van der Waals surface area contributed by atoms with E-state index in [1.54, 1.807) is 18.2 Å². The van der Waals surface area contributed by atoms with Gasteiger partial charge in [-0.15, -0.1) is 0 Å². The highest BCUT2D eigenvalue weighted by atomic mass is 16.6. The van der Waals surface area contributed by atoms with E-state index in [-0.39, 0.29) is 5.69 Å². The van der Waals surface area contributed by atoms with Gasteiger partial charge in [-0.25, -0.2) is 10.4 Å². The summed E-state index contributed by atoms with van der Waals surface area (Å²) in [4.78, 5) is 17.8. The van der Waals surface area contributed by atoms with Crippen LogP contribution in [0.2, 0.25) is 0 Å². The van der Waals surface area contributed by atoms with E-state index < -0.39 is 4.92 Å². The van der Waals surface area contributed by atoms with Crippen molar-refractivity contribution in [1.29, 1.82) is 0 Å². The maximum Gasteiger partial charge on any atom is 0.278 e. The van der Waals surface area contributed by atoms with Crippen LogP contribution in [0.5, 0.6) is 0 Å². The number of benzene rings is 2. The molecule has 7 heteroatoms. The third-order valence-electron chi connectivity index (χ3n) is 2.90. The first-order valence-corrected chi connectivity index (χ1v) is 6.21. The predicted molar refractivity (Wildman–Crippen MR) is 80.4 cm³/mol. The molecule has 0 spiro atoms. The number of hydrogen-bond donors (Lipinski definition) is 2. The monoisotopic (exact) mass is 281 g/mol. The van der Waals surface area contributed by atoms with E-state index in [0.29, 0.717) is 11.5 Å². The SMILES string of the molecule is O=[N+]([O-])c1ccccc1C=NNc1nc2ccccc2[nH]1. The van der Waals surface area contributed by atoms with Crippen LogP contribution in [0.1, 0.15) is 5.56 Å². The molecule has 0 atom stereocenters. The molecule has 0 bridgehead atoms. The number of imidazole rings is 1. The molecule has 21 heavy (non-hydrogen) atoms. The summed E-state index contributed by atoms with van der Waals surface area (Å²) < 4.78 is 0. The summed E-state index contributed by atoms with van der Waals surface area (Å²) in [7, 11) is 0. The Labute approximate surface area is 119 Å². The number of hydrazone groups is 1. The summed E-state index contributed by atoms with van der Waals surface area (Å²) in [5.41, 5.74) is 4.87. The number of H-pyrrole nitrogens is 1. The van der Waals surface area contributed by atoms with Gasteiger partial charge in [-0.3, -0.25) is 10.1 Å². The topological polar surface area (TPSA) is 96.2 Å². The van der Waals surface area contributed by atoms with E-state index in [9.17, 15) is 10.1 Å². The quantitative estimate of drug-likeness (QED) is 0.436. The number of rotatable bonds is 4. The van der Waals surface area contributed by atoms with Crippen LogP contribution in [0.15, 0.2) is 53.6 Å². The van der Waals surface area contributed by atoms with E-state index in [2.05, 4.69) is 20.5 Å². The van der Waals surface area contributed by atoms with Crippen LogP contribution >= 0.6 is 0 Å². The second kappa shape index (κ2) is 5.41. The van der Waals surface area contributed by atoms with Crippen LogP contribution in [0.3, 0.4) is 0 Å². The Kier molecular flexibility index (Phi) is 3.30. The van der Waals surface area contributed by atoms with Crippen LogP contribution in [0.4, 0.5) is 11.6 Å². The number of para-hydroxylation sites is 3. The van der Waals surface area contributed by atoms with E-state index in [1.165, 1.54) is 12.3 Å². The van der Waals surface area contributed by atoms with Crippen molar-refractivity contribution in [2.75, 3.05) is 5.43 Å². The van der Waals surface area contributed by atoms with Crippen molar-refractivity contribution in [3.05, 3.63) is 64.2 Å². The van der Waals surface area contributed by atoms with Gasteiger partial charge in [-0.2, -0.15) is 5.10 Å². The van der Waals surface area contributed by atoms with E-state index in [4.69, 9.17) is 0 Å². The zero-order valence-corrected chi connectivity index (χ0v) is 10.9. The van der Waals surface area contributed by atoms with Gasteiger partial charge >= 0.3 is 0 Å². The van der Waals surface area contributed by atoms with Crippen LogP contribution < -0.4 is 5.43 Å². The molecular weight excluding hydrogens is 270 g/mol. The summed E-state index contributed by atoms with van der Waals surface area (Å²) in [6.07, 6.45) is 1.39. The zero-order chi connectivity index (χ0) is 14.7. The molecule has 1 heterocycles. The maximum atomic E-state index is 10.9. The molecule has 0 fully saturated rings. The highest BCUT2D eigenvalue weighted by Crippen LogP contribution is 2.16. The Balaban J connectivity index is 1.79. The minimum Gasteiger partial charge on any atom is -0.323 e. The third-order valence-corrected chi connectivity index (χ3v) is 2.90. The molecule has 0 saturated heterocycles. The normalized spacial score (nSPS) is 11.0. The first kappa shape index (κ1) is 12.8. The first-order chi connectivity index (χ1) is 10.2. The number of hydrogen-bond acceptors (Lipinski definition) is 5. The van der Waals surface area contributed by atoms with Gasteiger partial charge in [0.1, 0.15) is 0 Å². The zero-order valence-electron chi connectivity index (χ0n) is 10.9. The maximum absolute atomic E-state index is 10.9. The Morgan fingerprint density at radius 1 is 1.19 bits per heavy atom. The predicted octanol–water partition coefficient (Wildman–Crippen LogP) is 2.92. The molecule has 3 rings (SSSR count). The number of nitro benzene ring substituents is 1. The van der Waals surface area contributed by atoms with Crippen molar-refractivity contribution < 1.29 is 4.92 Å². The third kappa shape index (κ3) is 2.71. The lowest BCUT2D eigenvalue weighted by atomic mass is 10.2. The lowest BCUT2D eigenvalue weighted by Crippen LogP contribution is -1.96. The smallest absolute Gasteiger partial charge is 0.278 e. The second-order valence-electron chi connectivity index (χ2n) is 4.29. The van der Waals surface area contributed by atoms with Crippen LogP contribution in [-0.4, -0.2) is 21.1 Å². The van der Waals surface area contributed by atoms with Crippen LogP contribution in [0, 0.1) is 10.1 Å². The summed E-state index contributed by atoms with van der Waals surface area (Å²) in [5.74, 6) is 0.478. The number of fused-ring (bicyclic) bond motifs is 1. The number of nitrogens with zero attached hydrogens (tertiary/aromatic N) is 3. The molecule has 2 N–H and O–H groups in total. The van der Waals surface area contributed by atoms with Crippen molar-refractivity contribution in [2.24, 2.45) is 5.10 Å². The van der Waals surface area contributed by atoms with Crippen molar-refractivity contribution in [3.63, 3.8) is 0 Å². The molecule has 0 aliphatic rings. The van der Waals surface area contributed by atoms with Crippen LogP contribution in [0.25, 0.3) is 11.0 Å². The van der Waals surface area contributed by atoms with E-state index >= 15 is 0 Å². The molecule has 0 saturated carbocycles. The number of nitro groups is 1. The Hall–Kier alpha value is -3.22. The fraction of sp³-hybridized carbons (Fsp3) is 0. The van der Waals surface area contributed by atoms with Gasteiger partial charge in [0.15, 0.2) is 0 Å². The van der Waals surface area contributed by atoms with Gasteiger partial charge in [-0.1, -0.05) is 24.3 Å². The molecule has 0 aliphatic heterocycles. The van der Waals surface area contributed by atoms with Crippen molar-refractivity contribution >= 4 is 28.9 Å². The molecule has 3 aromatic rings. The van der Waals surface area contributed by atoms with Crippen molar-refractivity contribution in [1.82, 2.24) is 9.97 Å².